The minimum Gasteiger partial charge on any atom is -0.467 e. The van der Waals surface area contributed by atoms with Gasteiger partial charge in [-0.25, -0.2) is 19.1 Å². The minimum absolute atomic E-state index is 0.320. The van der Waals surface area contributed by atoms with Crippen LogP contribution in [0.5, 0.6) is 0 Å². The monoisotopic (exact) mass is 470 g/mol. The fourth-order valence-corrected chi connectivity index (χ4v) is 4.09. The van der Waals surface area contributed by atoms with Gasteiger partial charge in [0.15, 0.2) is 17.5 Å². The van der Waals surface area contributed by atoms with Gasteiger partial charge >= 0.3 is 17.9 Å². The van der Waals surface area contributed by atoms with Crippen molar-refractivity contribution in [3.8, 4) is 0 Å². The molecule has 2 heterocycles. The summed E-state index contributed by atoms with van der Waals surface area (Å²) in [6.45, 7) is -0.640. The van der Waals surface area contributed by atoms with E-state index in [1.807, 2.05) is 0 Å². The second kappa shape index (κ2) is 9.79. The van der Waals surface area contributed by atoms with E-state index in [4.69, 9.17) is 14.2 Å². The van der Waals surface area contributed by atoms with Gasteiger partial charge in [-0.2, -0.15) is 0 Å². The van der Waals surface area contributed by atoms with Crippen LogP contribution < -0.4 is 0 Å². The van der Waals surface area contributed by atoms with Crippen LogP contribution in [0, 0.1) is 10.1 Å². The number of hydrogen-bond acceptors (Lipinski definition) is 12. The maximum absolute atomic E-state index is 12.7. The fraction of sp³-hybridized carbons (Fsp3) is 0.737. The molecule has 0 amide bonds. The molecular formula is C19H26N4O10. The van der Waals surface area contributed by atoms with Crippen LogP contribution in [0.3, 0.4) is 0 Å². The molecule has 1 saturated heterocycles. The zero-order valence-corrected chi connectivity index (χ0v) is 18.6. The molecule has 1 saturated carbocycles. The first-order valence-electron chi connectivity index (χ1n) is 10.3. The lowest BCUT2D eigenvalue weighted by molar-refractivity contribution is -0.599. The average molecular weight is 470 g/mol. The quantitative estimate of drug-likeness (QED) is 0.236. The largest absolute Gasteiger partial charge is 0.467 e. The van der Waals surface area contributed by atoms with Gasteiger partial charge in [-0.3, -0.25) is 10.1 Å². The number of aromatic nitrogens is 3. The molecule has 2 fully saturated rings. The maximum Gasteiger partial charge on any atom is 0.361 e. The Hall–Kier alpha value is -3.13. The van der Waals surface area contributed by atoms with Gasteiger partial charge in [0, 0.05) is 17.8 Å². The summed E-state index contributed by atoms with van der Waals surface area (Å²) >= 11 is 0. The molecule has 1 unspecified atom stereocenters. The van der Waals surface area contributed by atoms with Crippen molar-refractivity contribution in [2.24, 2.45) is 0 Å². The lowest BCUT2D eigenvalue weighted by atomic mass is 9.88. The summed E-state index contributed by atoms with van der Waals surface area (Å²) in [4.78, 5) is 48.7. The molecule has 0 bridgehead atoms. The lowest BCUT2D eigenvalue weighted by Crippen LogP contribution is -2.59. The van der Waals surface area contributed by atoms with Crippen LogP contribution >= 0.6 is 0 Å². The predicted octanol–water partition coefficient (Wildman–Crippen LogP) is 0.678. The smallest absolute Gasteiger partial charge is 0.361 e. The molecule has 2 aliphatic rings. The highest BCUT2D eigenvalue weighted by Crippen LogP contribution is 2.40. The van der Waals surface area contributed by atoms with E-state index in [9.17, 15) is 24.5 Å². The van der Waals surface area contributed by atoms with Crippen LogP contribution in [0.1, 0.15) is 65.5 Å². The Morgan fingerprint density at radius 3 is 2.18 bits per heavy atom. The SMILES string of the molecule is COC(=O)c1nnn(C(CC2([N+](=O)[O-])COC3(CCCCC3)OC2)C(=O)OC)c1C(=O)OC. The van der Waals surface area contributed by atoms with Gasteiger partial charge in [-0.1, -0.05) is 11.6 Å². The van der Waals surface area contributed by atoms with Crippen LogP contribution in [0.15, 0.2) is 0 Å². The molecule has 1 aliphatic heterocycles. The number of methoxy groups -OCH3 is 3. The van der Waals surface area contributed by atoms with Crippen LogP contribution in [0.4, 0.5) is 0 Å². The molecule has 3 rings (SSSR count). The molecule has 0 aromatic carbocycles. The molecule has 1 atom stereocenters. The predicted molar refractivity (Wildman–Crippen MR) is 106 cm³/mol. The Labute approximate surface area is 188 Å². The number of carbonyl (C=O) groups excluding carboxylic acids is 3. The zero-order chi connectivity index (χ0) is 24.2. The number of hydrogen-bond donors (Lipinski definition) is 0. The van der Waals surface area contributed by atoms with Gasteiger partial charge in [0.1, 0.15) is 13.2 Å². The van der Waals surface area contributed by atoms with Crippen molar-refractivity contribution in [3.63, 3.8) is 0 Å². The Morgan fingerprint density at radius 1 is 1.06 bits per heavy atom. The topological polar surface area (TPSA) is 171 Å². The van der Waals surface area contributed by atoms with Gasteiger partial charge < -0.3 is 23.7 Å². The maximum atomic E-state index is 12.7. The normalized spacial score (nSPS) is 20.0. The Morgan fingerprint density at radius 2 is 1.67 bits per heavy atom. The van der Waals surface area contributed by atoms with E-state index < -0.39 is 58.0 Å². The number of nitrogens with zero attached hydrogens (tertiary/aromatic N) is 4. The first kappa shape index (κ1) is 24.5. The zero-order valence-electron chi connectivity index (χ0n) is 18.6. The molecular weight excluding hydrogens is 444 g/mol. The van der Waals surface area contributed by atoms with E-state index in [0.29, 0.717) is 12.8 Å². The number of rotatable bonds is 7. The highest BCUT2D eigenvalue weighted by Gasteiger charge is 2.55. The molecule has 33 heavy (non-hydrogen) atoms. The number of ether oxygens (including phenoxy) is 5. The van der Waals surface area contributed by atoms with Gasteiger partial charge in [0.25, 0.3) is 5.54 Å². The molecule has 1 aromatic rings. The van der Waals surface area contributed by atoms with E-state index in [-0.39, 0.29) is 13.2 Å². The van der Waals surface area contributed by atoms with E-state index in [1.165, 1.54) is 0 Å². The van der Waals surface area contributed by atoms with Crippen molar-refractivity contribution in [3.05, 3.63) is 21.5 Å². The second-order valence-corrected chi connectivity index (χ2v) is 7.99. The molecule has 14 nitrogen and oxygen atoms in total. The van der Waals surface area contributed by atoms with Crippen molar-refractivity contribution in [1.29, 1.82) is 0 Å². The average Bonchev–Trinajstić information content (AvgIpc) is 3.27. The van der Waals surface area contributed by atoms with Gasteiger partial charge in [0.2, 0.25) is 5.69 Å². The van der Waals surface area contributed by atoms with E-state index in [2.05, 4.69) is 19.8 Å². The van der Waals surface area contributed by atoms with E-state index >= 15 is 0 Å². The Balaban J connectivity index is 1.97. The Kier molecular flexibility index (Phi) is 7.27. The Bertz CT molecular complexity index is 914. The molecule has 0 radical (unpaired) electrons. The number of nitro groups is 1. The first-order chi connectivity index (χ1) is 15.7. The molecule has 14 heteroatoms. The van der Waals surface area contributed by atoms with Gasteiger partial charge in [0.05, 0.1) is 27.8 Å². The van der Waals surface area contributed by atoms with Crippen LogP contribution in [0.2, 0.25) is 0 Å². The van der Waals surface area contributed by atoms with E-state index in [1.54, 1.807) is 0 Å². The van der Waals surface area contributed by atoms with Crippen LogP contribution in [-0.4, -0.2) is 83.7 Å². The van der Waals surface area contributed by atoms with Gasteiger partial charge in [-0.05, 0) is 12.8 Å². The third kappa shape index (κ3) is 4.66. The third-order valence-corrected chi connectivity index (χ3v) is 6.00. The van der Waals surface area contributed by atoms with Crippen LogP contribution in [0.25, 0.3) is 0 Å². The summed E-state index contributed by atoms with van der Waals surface area (Å²) < 4.78 is 26.6. The minimum atomic E-state index is -1.84. The van der Waals surface area contributed by atoms with Gasteiger partial charge in [-0.15, -0.1) is 5.10 Å². The standard InChI is InChI=1S/C19H26N4O10/c1-29-15(24)12(22-14(17(26)31-3)13(20-21-22)16(25)30-2)9-18(23(27)28)10-32-19(33-11-18)7-5-4-6-8-19/h12H,4-11H2,1-3H3. The van der Waals surface area contributed by atoms with Crippen molar-refractivity contribution < 1.29 is 43.0 Å². The molecule has 1 aromatic heterocycles. The molecule has 182 valence electrons. The number of esters is 3. The summed E-state index contributed by atoms with van der Waals surface area (Å²) in [7, 11) is 3.20. The fourth-order valence-electron chi connectivity index (χ4n) is 4.09. The third-order valence-electron chi connectivity index (χ3n) is 6.00. The summed E-state index contributed by atoms with van der Waals surface area (Å²) in [6.07, 6.45) is 3.54. The first-order valence-corrected chi connectivity index (χ1v) is 10.3. The molecule has 0 N–H and O–H groups in total. The molecule has 1 spiro atoms. The van der Waals surface area contributed by atoms with Crippen molar-refractivity contribution in [2.75, 3.05) is 34.5 Å². The lowest BCUT2D eigenvalue weighted by Gasteiger charge is -2.44. The van der Waals surface area contributed by atoms with Crippen LogP contribution in [-0.2, 0) is 28.5 Å². The molecule has 1 aliphatic carbocycles. The second-order valence-electron chi connectivity index (χ2n) is 7.99. The van der Waals surface area contributed by atoms with Crippen molar-refractivity contribution >= 4 is 17.9 Å². The summed E-state index contributed by atoms with van der Waals surface area (Å²) in [5, 5.41) is 19.5. The summed E-state index contributed by atoms with van der Waals surface area (Å²) in [5.74, 6) is -3.86. The summed E-state index contributed by atoms with van der Waals surface area (Å²) in [6, 6.07) is -1.51. The van der Waals surface area contributed by atoms with Crippen molar-refractivity contribution in [1.82, 2.24) is 15.0 Å². The number of carbonyl (C=O) groups is 3. The summed E-state index contributed by atoms with van der Waals surface area (Å²) in [5.41, 5.74) is -2.85. The van der Waals surface area contributed by atoms with Crippen molar-refractivity contribution in [2.45, 2.75) is 55.9 Å². The highest BCUT2D eigenvalue weighted by atomic mass is 16.7. The van der Waals surface area contributed by atoms with E-state index in [0.717, 1.165) is 45.3 Å². The highest BCUT2D eigenvalue weighted by molar-refractivity contribution is 6.00.